The van der Waals surface area contributed by atoms with Gasteiger partial charge in [-0.3, -0.25) is 9.59 Å². The molecule has 0 spiro atoms. The Labute approximate surface area is 157 Å². The Morgan fingerprint density at radius 3 is 2.43 bits per heavy atom. The molecule has 0 radical (unpaired) electrons. The summed E-state index contributed by atoms with van der Waals surface area (Å²) in [5.41, 5.74) is 1.33. The van der Waals surface area contributed by atoms with E-state index in [0.29, 0.717) is 16.5 Å². The van der Waals surface area contributed by atoms with Crippen molar-refractivity contribution in [1.29, 1.82) is 0 Å². The molecule has 0 saturated heterocycles. The summed E-state index contributed by atoms with van der Waals surface area (Å²) >= 11 is 0. The summed E-state index contributed by atoms with van der Waals surface area (Å²) in [6.07, 6.45) is -4.36. The molecule has 8 heteroatoms. The minimum absolute atomic E-state index is 0.0964. The van der Waals surface area contributed by atoms with Crippen LogP contribution < -0.4 is 10.7 Å². The molecule has 146 valence electrons. The molecular formula is C20H16F3NO4. The lowest BCUT2D eigenvalue weighted by Gasteiger charge is -2.09. The SMILES string of the molecule is O=C(NCc1ccc(COCC(F)(F)F)cc1)c1cc(=O)c2ccccc2o1. The number of nitrogens with one attached hydrogen (secondary N) is 1. The van der Waals surface area contributed by atoms with E-state index in [0.717, 1.165) is 11.6 Å². The fourth-order valence-electron chi connectivity index (χ4n) is 2.52. The molecule has 1 amide bonds. The third kappa shape index (κ3) is 5.20. The maximum atomic E-state index is 12.2. The van der Waals surface area contributed by atoms with Gasteiger partial charge >= 0.3 is 6.18 Å². The third-order valence-electron chi connectivity index (χ3n) is 3.87. The highest BCUT2D eigenvalue weighted by atomic mass is 19.4. The first kappa shape index (κ1) is 19.6. The van der Waals surface area contributed by atoms with E-state index in [1.54, 1.807) is 48.5 Å². The van der Waals surface area contributed by atoms with Gasteiger partial charge in [0.2, 0.25) is 0 Å². The molecule has 3 aromatic rings. The number of fused-ring (bicyclic) bond motifs is 1. The molecule has 1 N–H and O–H groups in total. The Morgan fingerprint density at radius 2 is 1.71 bits per heavy atom. The van der Waals surface area contributed by atoms with Crippen molar-refractivity contribution in [2.75, 3.05) is 6.61 Å². The number of carbonyl (C=O) groups is 1. The van der Waals surface area contributed by atoms with Crippen LogP contribution in [0, 0.1) is 0 Å². The quantitative estimate of drug-likeness (QED) is 0.694. The zero-order valence-electron chi connectivity index (χ0n) is 14.6. The fourth-order valence-corrected chi connectivity index (χ4v) is 2.52. The zero-order valence-corrected chi connectivity index (χ0v) is 14.6. The van der Waals surface area contributed by atoms with E-state index in [1.165, 1.54) is 0 Å². The summed E-state index contributed by atoms with van der Waals surface area (Å²) in [7, 11) is 0. The first-order chi connectivity index (χ1) is 13.3. The van der Waals surface area contributed by atoms with Crippen LogP contribution >= 0.6 is 0 Å². The summed E-state index contributed by atoms with van der Waals surface area (Å²) in [6, 6.07) is 14.3. The van der Waals surface area contributed by atoms with Crippen molar-refractivity contribution in [3.8, 4) is 0 Å². The lowest BCUT2D eigenvalue weighted by atomic mass is 10.1. The number of rotatable bonds is 6. The minimum atomic E-state index is -4.36. The predicted octanol–water partition coefficient (Wildman–Crippen LogP) is 3.80. The van der Waals surface area contributed by atoms with Gasteiger partial charge in [-0.25, -0.2) is 0 Å². The van der Waals surface area contributed by atoms with Gasteiger partial charge in [0.05, 0.1) is 12.0 Å². The van der Waals surface area contributed by atoms with Crippen molar-refractivity contribution in [2.24, 2.45) is 0 Å². The normalized spacial score (nSPS) is 11.5. The van der Waals surface area contributed by atoms with E-state index in [2.05, 4.69) is 10.1 Å². The number of ether oxygens (including phenoxy) is 1. The van der Waals surface area contributed by atoms with Crippen molar-refractivity contribution in [3.05, 3.63) is 81.7 Å². The molecule has 1 heterocycles. The summed E-state index contributed by atoms with van der Waals surface area (Å²) in [4.78, 5) is 24.3. The van der Waals surface area contributed by atoms with Crippen LogP contribution in [0.5, 0.6) is 0 Å². The predicted molar refractivity (Wildman–Crippen MR) is 95.8 cm³/mol. The molecule has 0 aliphatic carbocycles. The average molecular weight is 391 g/mol. The van der Waals surface area contributed by atoms with Crippen LogP contribution in [0.4, 0.5) is 13.2 Å². The highest BCUT2D eigenvalue weighted by Gasteiger charge is 2.27. The zero-order chi connectivity index (χ0) is 20.1. The first-order valence-corrected chi connectivity index (χ1v) is 8.35. The minimum Gasteiger partial charge on any atom is -0.451 e. The number of carbonyl (C=O) groups excluding carboxylic acids is 1. The number of para-hydroxylation sites is 1. The first-order valence-electron chi connectivity index (χ1n) is 8.35. The summed E-state index contributed by atoms with van der Waals surface area (Å²) in [6.45, 7) is -1.30. The maximum Gasteiger partial charge on any atom is 0.411 e. The summed E-state index contributed by atoms with van der Waals surface area (Å²) in [5, 5.41) is 3.03. The molecule has 3 rings (SSSR count). The summed E-state index contributed by atoms with van der Waals surface area (Å²) in [5.74, 6) is -0.638. The van der Waals surface area contributed by atoms with E-state index in [-0.39, 0.29) is 24.3 Å². The Hall–Kier alpha value is -3.13. The van der Waals surface area contributed by atoms with E-state index in [1.807, 2.05) is 0 Å². The van der Waals surface area contributed by atoms with Gasteiger partial charge in [-0.05, 0) is 23.3 Å². The van der Waals surface area contributed by atoms with Gasteiger partial charge < -0.3 is 14.5 Å². The van der Waals surface area contributed by atoms with Crippen molar-refractivity contribution in [3.63, 3.8) is 0 Å². The molecule has 0 aliphatic heterocycles. The lowest BCUT2D eigenvalue weighted by molar-refractivity contribution is -0.176. The van der Waals surface area contributed by atoms with Crippen LogP contribution in [0.1, 0.15) is 21.7 Å². The van der Waals surface area contributed by atoms with Crippen LogP contribution in [0.3, 0.4) is 0 Å². The smallest absolute Gasteiger partial charge is 0.411 e. The molecule has 5 nitrogen and oxygen atoms in total. The van der Waals surface area contributed by atoms with Crippen molar-refractivity contribution in [1.82, 2.24) is 5.32 Å². The van der Waals surface area contributed by atoms with Gasteiger partial charge in [0.1, 0.15) is 12.2 Å². The monoisotopic (exact) mass is 391 g/mol. The maximum absolute atomic E-state index is 12.2. The van der Waals surface area contributed by atoms with Crippen LogP contribution in [-0.2, 0) is 17.9 Å². The van der Waals surface area contributed by atoms with E-state index in [9.17, 15) is 22.8 Å². The number of hydrogen-bond donors (Lipinski definition) is 1. The van der Waals surface area contributed by atoms with Gasteiger partial charge in [0.25, 0.3) is 5.91 Å². The second-order valence-electron chi connectivity index (χ2n) is 6.08. The number of halogens is 3. The second-order valence-corrected chi connectivity index (χ2v) is 6.08. The van der Waals surface area contributed by atoms with Gasteiger partial charge in [-0.1, -0.05) is 36.4 Å². The van der Waals surface area contributed by atoms with E-state index in [4.69, 9.17) is 4.42 Å². The second kappa shape index (κ2) is 8.26. The lowest BCUT2D eigenvalue weighted by Crippen LogP contribution is -2.24. The Balaban J connectivity index is 1.58. The topological polar surface area (TPSA) is 68.5 Å². The highest BCUT2D eigenvalue weighted by molar-refractivity contribution is 5.93. The molecule has 0 saturated carbocycles. The molecule has 0 bridgehead atoms. The molecule has 1 aromatic heterocycles. The van der Waals surface area contributed by atoms with E-state index >= 15 is 0 Å². The highest BCUT2D eigenvalue weighted by Crippen LogP contribution is 2.16. The third-order valence-corrected chi connectivity index (χ3v) is 3.87. The van der Waals surface area contributed by atoms with Gasteiger partial charge in [0.15, 0.2) is 11.2 Å². The number of amides is 1. The van der Waals surface area contributed by atoms with Gasteiger partial charge in [-0.15, -0.1) is 0 Å². The largest absolute Gasteiger partial charge is 0.451 e. The van der Waals surface area contributed by atoms with Crippen LogP contribution in [0.2, 0.25) is 0 Å². The number of alkyl halides is 3. The molecular weight excluding hydrogens is 375 g/mol. The molecule has 2 aromatic carbocycles. The van der Waals surface area contributed by atoms with Crippen LogP contribution in [0.15, 0.2) is 63.8 Å². The molecule has 28 heavy (non-hydrogen) atoms. The number of benzene rings is 2. The van der Waals surface area contributed by atoms with Crippen LogP contribution in [0.25, 0.3) is 11.0 Å². The van der Waals surface area contributed by atoms with Gasteiger partial charge in [-0.2, -0.15) is 13.2 Å². The Bertz CT molecular complexity index is 1030. The molecule has 0 unspecified atom stereocenters. The molecule has 0 fully saturated rings. The molecule has 0 atom stereocenters. The Kier molecular flexibility index (Phi) is 5.79. The van der Waals surface area contributed by atoms with Crippen molar-refractivity contribution >= 4 is 16.9 Å². The fraction of sp³-hybridized carbons (Fsp3) is 0.200. The number of hydrogen-bond acceptors (Lipinski definition) is 4. The van der Waals surface area contributed by atoms with Gasteiger partial charge in [0, 0.05) is 12.6 Å². The van der Waals surface area contributed by atoms with Crippen molar-refractivity contribution < 1.29 is 27.1 Å². The molecule has 0 aliphatic rings. The average Bonchev–Trinajstić information content (AvgIpc) is 2.66. The van der Waals surface area contributed by atoms with Crippen molar-refractivity contribution in [2.45, 2.75) is 19.3 Å². The Morgan fingerprint density at radius 1 is 1.04 bits per heavy atom. The van der Waals surface area contributed by atoms with E-state index < -0.39 is 18.7 Å². The van der Waals surface area contributed by atoms with Crippen LogP contribution in [-0.4, -0.2) is 18.7 Å². The summed E-state index contributed by atoms with van der Waals surface area (Å²) < 4.78 is 46.2. The standard InChI is InChI=1S/C20H16F3NO4/c21-20(22,23)12-27-11-14-7-5-13(6-8-14)10-24-19(26)18-9-16(25)15-3-1-2-4-17(15)28-18/h1-9H,10-12H2,(H,24,26).